The third-order valence-corrected chi connectivity index (χ3v) is 2.54. The standard InChI is InChI=1S/C11H21N3O3/c1-3-13-11(16)8(2)14-10(15)6-9-7-12-4-5-17-9/h8-9,12H,3-7H2,1-2H3,(H,13,16)(H,14,15). The first-order chi connectivity index (χ1) is 8.13. The number of hydrogen-bond donors (Lipinski definition) is 3. The third kappa shape index (κ3) is 5.14. The summed E-state index contributed by atoms with van der Waals surface area (Å²) in [6, 6.07) is -0.501. The normalized spacial score (nSPS) is 21.6. The molecule has 0 radical (unpaired) electrons. The van der Waals surface area contributed by atoms with Gasteiger partial charge in [0.2, 0.25) is 11.8 Å². The van der Waals surface area contributed by atoms with E-state index in [1.807, 2.05) is 6.92 Å². The van der Waals surface area contributed by atoms with Gasteiger partial charge in [0.25, 0.3) is 0 Å². The number of carbonyl (C=O) groups excluding carboxylic acids is 2. The lowest BCUT2D eigenvalue weighted by molar-refractivity contribution is -0.130. The molecule has 1 aliphatic rings. The summed E-state index contributed by atoms with van der Waals surface area (Å²) < 4.78 is 5.41. The molecule has 0 saturated carbocycles. The zero-order valence-corrected chi connectivity index (χ0v) is 10.4. The highest BCUT2D eigenvalue weighted by Crippen LogP contribution is 2.01. The Labute approximate surface area is 101 Å². The van der Waals surface area contributed by atoms with Crippen LogP contribution in [0.15, 0.2) is 0 Å². The predicted molar refractivity (Wildman–Crippen MR) is 63.5 cm³/mol. The minimum Gasteiger partial charge on any atom is -0.375 e. The van der Waals surface area contributed by atoms with E-state index in [9.17, 15) is 9.59 Å². The number of likely N-dealkylation sites (N-methyl/N-ethyl adjacent to an activating group) is 1. The quantitative estimate of drug-likeness (QED) is 0.579. The second-order valence-electron chi connectivity index (χ2n) is 4.08. The van der Waals surface area contributed by atoms with E-state index < -0.39 is 6.04 Å². The highest BCUT2D eigenvalue weighted by atomic mass is 16.5. The molecule has 6 heteroatoms. The van der Waals surface area contributed by atoms with Crippen LogP contribution >= 0.6 is 0 Å². The number of rotatable bonds is 5. The first-order valence-corrected chi connectivity index (χ1v) is 6.03. The molecule has 6 nitrogen and oxygen atoms in total. The largest absolute Gasteiger partial charge is 0.375 e. The van der Waals surface area contributed by atoms with E-state index in [1.54, 1.807) is 6.92 Å². The van der Waals surface area contributed by atoms with Gasteiger partial charge in [-0.2, -0.15) is 0 Å². The molecule has 0 aromatic heterocycles. The molecule has 3 N–H and O–H groups in total. The van der Waals surface area contributed by atoms with Crippen molar-refractivity contribution in [2.75, 3.05) is 26.2 Å². The second kappa shape index (κ2) is 7.24. The molecule has 0 aromatic rings. The van der Waals surface area contributed by atoms with Gasteiger partial charge < -0.3 is 20.7 Å². The van der Waals surface area contributed by atoms with Crippen LogP contribution in [0.3, 0.4) is 0 Å². The van der Waals surface area contributed by atoms with Crippen LogP contribution in [0.1, 0.15) is 20.3 Å². The minimum absolute atomic E-state index is 0.0924. The minimum atomic E-state index is -0.501. The van der Waals surface area contributed by atoms with Crippen molar-refractivity contribution in [2.24, 2.45) is 0 Å². The van der Waals surface area contributed by atoms with Crippen LogP contribution in [0, 0.1) is 0 Å². The zero-order chi connectivity index (χ0) is 12.7. The molecule has 0 bridgehead atoms. The van der Waals surface area contributed by atoms with E-state index >= 15 is 0 Å². The number of morpholine rings is 1. The number of nitrogens with one attached hydrogen (secondary N) is 3. The van der Waals surface area contributed by atoms with Crippen LogP contribution in [0.25, 0.3) is 0 Å². The van der Waals surface area contributed by atoms with E-state index in [0.717, 1.165) is 6.54 Å². The summed E-state index contributed by atoms with van der Waals surface area (Å²) >= 11 is 0. The van der Waals surface area contributed by atoms with Gasteiger partial charge in [0.15, 0.2) is 0 Å². The summed E-state index contributed by atoms with van der Waals surface area (Å²) in [4.78, 5) is 23.0. The highest BCUT2D eigenvalue weighted by Gasteiger charge is 2.20. The molecule has 0 aromatic carbocycles. The first-order valence-electron chi connectivity index (χ1n) is 6.03. The Balaban J connectivity index is 2.25. The van der Waals surface area contributed by atoms with Gasteiger partial charge in [-0.15, -0.1) is 0 Å². The molecule has 1 rings (SSSR count). The maximum atomic E-state index is 11.6. The monoisotopic (exact) mass is 243 g/mol. The molecule has 1 heterocycles. The Morgan fingerprint density at radius 2 is 2.29 bits per heavy atom. The van der Waals surface area contributed by atoms with E-state index in [2.05, 4.69) is 16.0 Å². The van der Waals surface area contributed by atoms with Gasteiger partial charge >= 0.3 is 0 Å². The van der Waals surface area contributed by atoms with Crippen molar-refractivity contribution < 1.29 is 14.3 Å². The van der Waals surface area contributed by atoms with E-state index in [4.69, 9.17) is 4.74 Å². The Morgan fingerprint density at radius 3 is 2.88 bits per heavy atom. The predicted octanol–water partition coefficient (Wildman–Crippen LogP) is -0.994. The van der Waals surface area contributed by atoms with Gasteiger partial charge in [0, 0.05) is 19.6 Å². The van der Waals surface area contributed by atoms with Crippen LogP contribution in [-0.4, -0.2) is 50.2 Å². The van der Waals surface area contributed by atoms with Gasteiger partial charge in [-0.05, 0) is 13.8 Å². The fourth-order valence-electron chi connectivity index (χ4n) is 1.65. The maximum Gasteiger partial charge on any atom is 0.242 e. The summed E-state index contributed by atoms with van der Waals surface area (Å²) in [5.74, 6) is -0.319. The van der Waals surface area contributed by atoms with Crippen LogP contribution < -0.4 is 16.0 Å². The van der Waals surface area contributed by atoms with Gasteiger partial charge in [0.05, 0.1) is 19.1 Å². The van der Waals surface area contributed by atoms with E-state index in [1.165, 1.54) is 0 Å². The fourth-order valence-corrected chi connectivity index (χ4v) is 1.65. The molecule has 0 spiro atoms. The molecule has 1 saturated heterocycles. The summed E-state index contributed by atoms with van der Waals surface area (Å²) in [6.45, 7) is 6.21. The second-order valence-corrected chi connectivity index (χ2v) is 4.08. The van der Waals surface area contributed by atoms with Gasteiger partial charge in [-0.25, -0.2) is 0 Å². The highest BCUT2D eigenvalue weighted by molar-refractivity contribution is 5.87. The SMILES string of the molecule is CCNC(=O)C(C)NC(=O)CC1CNCCO1. The smallest absolute Gasteiger partial charge is 0.242 e. The lowest BCUT2D eigenvalue weighted by Gasteiger charge is -2.23. The van der Waals surface area contributed by atoms with Crippen LogP contribution in [0.4, 0.5) is 0 Å². The molecule has 1 aliphatic heterocycles. The lowest BCUT2D eigenvalue weighted by atomic mass is 10.2. The van der Waals surface area contributed by atoms with E-state index in [-0.39, 0.29) is 24.3 Å². The Bertz CT molecular complexity index is 265. The van der Waals surface area contributed by atoms with Crippen molar-refractivity contribution in [3.05, 3.63) is 0 Å². The van der Waals surface area contributed by atoms with Crippen LogP contribution in [-0.2, 0) is 14.3 Å². The molecule has 2 amide bonds. The van der Waals surface area contributed by atoms with Crippen molar-refractivity contribution in [2.45, 2.75) is 32.4 Å². The molecule has 98 valence electrons. The molecular weight excluding hydrogens is 222 g/mol. The van der Waals surface area contributed by atoms with Crippen LogP contribution in [0.2, 0.25) is 0 Å². The number of carbonyl (C=O) groups is 2. The Kier molecular flexibility index (Phi) is 5.93. The Hall–Kier alpha value is -1.14. The molecular formula is C11H21N3O3. The molecule has 2 atom stereocenters. The number of hydrogen-bond acceptors (Lipinski definition) is 4. The average Bonchev–Trinajstić information content (AvgIpc) is 2.30. The van der Waals surface area contributed by atoms with Gasteiger partial charge in [-0.3, -0.25) is 9.59 Å². The topological polar surface area (TPSA) is 79.5 Å². The average molecular weight is 243 g/mol. The molecule has 17 heavy (non-hydrogen) atoms. The lowest BCUT2D eigenvalue weighted by Crippen LogP contribution is -2.47. The zero-order valence-electron chi connectivity index (χ0n) is 10.4. The van der Waals surface area contributed by atoms with Crippen molar-refractivity contribution in [3.63, 3.8) is 0 Å². The molecule has 1 fully saturated rings. The van der Waals surface area contributed by atoms with E-state index in [0.29, 0.717) is 19.7 Å². The van der Waals surface area contributed by atoms with Crippen LogP contribution in [0.5, 0.6) is 0 Å². The van der Waals surface area contributed by atoms with Crippen molar-refractivity contribution >= 4 is 11.8 Å². The summed E-state index contributed by atoms with van der Waals surface area (Å²) in [5.41, 5.74) is 0. The van der Waals surface area contributed by atoms with Gasteiger partial charge in [-0.1, -0.05) is 0 Å². The number of ether oxygens (including phenoxy) is 1. The van der Waals surface area contributed by atoms with Crippen molar-refractivity contribution in [3.8, 4) is 0 Å². The Morgan fingerprint density at radius 1 is 1.53 bits per heavy atom. The first kappa shape index (κ1) is 13.9. The fraction of sp³-hybridized carbons (Fsp3) is 0.818. The maximum absolute atomic E-state index is 11.6. The molecule has 2 unspecified atom stereocenters. The van der Waals surface area contributed by atoms with Crippen molar-refractivity contribution in [1.82, 2.24) is 16.0 Å². The van der Waals surface area contributed by atoms with Crippen molar-refractivity contribution in [1.29, 1.82) is 0 Å². The summed E-state index contributed by atoms with van der Waals surface area (Å²) in [6.07, 6.45) is 0.196. The summed E-state index contributed by atoms with van der Waals surface area (Å²) in [5, 5.41) is 8.46. The summed E-state index contributed by atoms with van der Waals surface area (Å²) in [7, 11) is 0. The van der Waals surface area contributed by atoms with Gasteiger partial charge in [0.1, 0.15) is 6.04 Å². The molecule has 0 aliphatic carbocycles. The third-order valence-electron chi connectivity index (χ3n) is 2.54. The number of amides is 2.